The molecule has 0 aliphatic carbocycles. The number of sulfonamides is 1. The third-order valence-electron chi connectivity index (χ3n) is 5.26. The highest BCUT2D eigenvalue weighted by molar-refractivity contribution is 7.89. The maximum atomic E-state index is 13.1. The zero-order valence-electron chi connectivity index (χ0n) is 17.8. The zero-order valence-corrected chi connectivity index (χ0v) is 18.7. The monoisotopic (exact) mass is 456 g/mol. The van der Waals surface area contributed by atoms with Crippen LogP contribution in [0.3, 0.4) is 0 Å². The molecule has 4 rings (SSSR count). The lowest BCUT2D eigenvalue weighted by atomic mass is 9.94. The average Bonchev–Trinajstić information content (AvgIpc) is 3.26. The second-order valence-corrected chi connectivity index (χ2v) is 10.1. The Labute approximate surface area is 186 Å². The van der Waals surface area contributed by atoms with Crippen LogP contribution in [0.4, 0.5) is 0 Å². The van der Waals surface area contributed by atoms with Gasteiger partial charge in [-0.05, 0) is 48.6 Å². The first-order valence-electron chi connectivity index (χ1n) is 10.3. The number of esters is 1. The molecule has 168 valence electrons. The second-order valence-electron chi connectivity index (χ2n) is 8.13. The summed E-state index contributed by atoms with van der Waals surface area (Å²) < 4.78 is 38.1. The summed E-state index contributed by atoms with van der Waals surface area (Å²) in [5.74, 6) is 0.350. The van der Waals surface area contributed by atoms with Gasteiger partial charge in [-0.15, -0.1) is 0 Å². The number of pyridine rings is 1. The molecule has 0 bridgehead atoms. The lowest BCUT2D eigenvalue weighted by molar-refractivity contribution is 0.0429. The maximum absolute atomic E-state index is 13.1. The molecule has 0 radical (unpaired) electrons. The molecule has 1 aromatic carbocycles. The Kier molecular flexibility index (Phi) is 6.33. The average molecular weight is 457 g/mol. The predicted molar refractivity (Wildman–Crippen MR) is 115 cm³/mol. The van der Waals surface area contributed by atoms with Crippen molar-refractivity contribution >= 4 is 16.0 Å². The SMILES string of the molecule is CC1CC(C)CN(S(=O)(=O)c2cccc(C(=O)OCc3nc(-c4cccnc4)no3)c2)C1. The fourth-order valence-corrected chi connectivity index (χ4v) is 5.60. The highest BCUT2D eigenvalue weighted by Crippen LogP contribution is 2.27. The predicted octanol–water partition coefficient (Wildman–Crippen LogP) is 3.16. The first-order valence-corrected chi connectivity index (χ1v) is 11.8. The summed E-state index contributed by atoms with van der Waals surface area (Å²) in [6.07, 6.45) is 4.22. The van der Waals surface area contributed by atoms with Gasteiger partial charge in [-0.1, -0.05) is 25.1 Å². The Balaban J connectivity index is 1.44. The number of rotatable bonds is 6. The first kappa shape index (κ1) is 22.1. The molecule has 10 heteroatoms. The van der Waals surface area contributed by atoms with Crippen LogP contribution in [0, 0.1) is 11.8 Å². The summed E-state index contributed by atoms with van der Waals surface area (Å²) in [5.41, 5.74) is 0.810. The maximum Gasteiger partial charge on any atom is 0.338 e. The van der Waals surface area contributed by atoms with Gasteiger partial charge in [-0.3, -0.25) is 4.98 Å². The highest BCUT2D eigenvalue weighted by atomic mass is 32.2. The molecule has 2 unspecified atom stereocenters. The van der Waals surface area contributed by atoms with Crippen LogP contribution in [-0.2, 0) is 21.4 Å². The number of carbonyl (C=O) groups excluding carboxylic acids is 1. The third kappa shape index (κ3) is 4.86. The molecular formula is C22H24N4O5S. The van der Waals surface area contributed by atoms with Crippen molar-refractivity contribution in [3.05, 3.63) is 60.2 Å². The van der Waals surface area contributed by atoms with Crippen molar-refractivity contribution in [3.8, 4) is 11.4 Å². The van der Waals surface area contributed by atoms with Crippen molar-refractivity contribution < 1.29 is 22.5 Å². The van der Waals surface area contributed by atoms with Crippen molar-refractivity contribution in [2.75, 3.05) is 13.1 Å². The number of aromatic nitrogens is 3. The molecule has 3 aromatic rings. The molecule has 3 heterocycles. The minimum Gasteiger partial charge on any atom is -0.452 e. The number of carbonyl (C=O) groups is 1. The van der Waals surface area contributed by atoms with E-state index in [4.69, 9.17) is 9.26 Å². The quantitative estimate of drug-likeness (QED) is 0.520. The van der Waals surface area contributed by atoms with Crippen LogP contribution in [0.5, 0.6) is 0 Å². The molecule has 0 amide bonds. The number of piperidine rings is 1. The van der Waals surface area contributed by atoms with E-state index in [9.17, 15) is 13.2 Å². The second kappa shape index (κ2) is 9.17. The van der Waals surface area contributed by atoms with Crippen molar-refractivity contribution in [2.45, 2.75) is 31.8 Å². The van der Waals surface area contributed by atoms with Gasteiger partial charge in [-0.2, -0.15) is 9.29 Å². The number of benzene rings is 1. The molecule has 0 N–H and O–H groups in total. The minimum atomic E-state index is -3.70. The summed E-state index contributed by atoms with van der Waals surface area (Å²) >= 11 is 0. The van der Waals surface area contributed by atoms with Gasteiger partial charge in [0, 0.05) is 31.0 Å². The van der Waals surface area contributed by atoms with Crippen LogP contribution < -0.4 is 0 Å². The summed E-state index contributed by atoms with van der Waals surface area (Å²) in [7, 11) is -3.70. The molecule has 1 fully saturated rings. The van der Waals surface area contributed by atoms with Crippen LogP contribution in [0.25, 0.3) is 11.4 Å². The van der Waals surface area contributed by atoms with Gasteiger partial charge >= 0.3 is 5.97 Å². The fraction of sp³-hybridized carbons (Fsp3) is 0.364. The van der Waals surface area contributed by atoms with Crippen LogP contribution in [-0.4, -0.2) is 46.9 Å². The third-order valence-corrected chi connectivity index (χ3v) is 7.09. The Morgan fingerprint density at radius 2 is 1.97 bits per heavy atom. The van der Waals surface area contributed by atoms with Crippen molar-refractivity contribution in [1.29, 1.82) is 0 Å². The molecule has 0 spiro atoms. The number of nitrogens with zero attached hydrogens (tertiary/aromatic N) is 4. The number of hydrogen-bond acceptors (Lipinski definition) is 8. The van der Waals surface area contributed by atoms with E-state index < -0.39 is 16.0 Å². The van der Waals surface area contributed by atoms with Gasteiger partial charge in [0.05, 0.1) is 10.5 Å². The van der Waals surface area contributed by atoms with E-state index in [2.05, 4.69) is 15.1 Å². The summed E-state index contributed by atoms with van der Waals surface area (Å²) in [6.45, 7) is 4.80. The Bertz CT molecular complexity index is 1190. The molecule has 1 aliphatic heterocycles. The van der Waals surface area contributed by atoms with Gasteiger partial charge in [0.15, 0.2) is 6.61 Å². The number of hydrogen-bond donors (Lipinski definition) is 0. The van der Waals surface area contributed by atoms with E-state index in [1.165, 1.54) is 28.6 Å². The van der Waals surface area contributed by atoms with Gasteiger partial charge in [-0.25, -0.2) is 13.2 Å². The van der Waals surface area contributed by atoms with Gasteiger partial charge in [0.1, 0.15) is 0 Å². The highest BCUT2D eigenvalue weighted by Gasteiger charge is 2.32. The van der Waals surface area contributed by atoms with Gasteiger partial charge in [0.25, 0.3) is 5.89 Å². The standard InChI is InChI=1S/C22H24N4O5S/c1-15-9-16(2)13-26(12-15)32(28,29)19-7-3-5-17(10-19)22(27)30-14-20-24-21(25-31-20)18-6-4-8-23-11-18/h3-8,10-11,15-16H,9,12-14H2,1-2H3. The molecule has 2 aromatic heterocycles. The van der Waals surface area contributed by atoms with Gasteiger partial charge < -0.3 is 9.26 Å². The summed E-state index contributed by atoms with van der Waals surface area (Å²) in [4.78, 5) is 20.8. The van der Waals surface area contributed by atoms with E-state index in [1.807, 2.05) is 13.8 Å². The zero-order chi connectivity index (χ0) is 22.7. The molecule has 32 heavy (non-hydrogen) atoms. The summed E-state index contributed by atoms with van der Waals surface area (Å²) in [5, 5.41) is 3.85. The molecule has 0 saturated carbocycles. The van der Waals surface area contributed by atoms with Crippen LogP contribution in [0.2, 0.25) is 0 Å². The van der Waals surface area contributed by atoms with Crippen molar-refractivity contribution in [2.24, 2.45) is 11.8 Å². The smallest absolute Gasteiger partial charge is 0.338 e. The van der Waals surface area contributed by atoms with E-state index in [0.29, 0.717) is 24.5 Å². The Morgan fingerprint density at radius 1 is 1.19 bits per heavy atom. The Morgan fingerprint density at radius 3 is 2.69 bits per heavy atom. The molecule has 1 saturated heterocycles. The molecular weight excluding hydrogens is 432 g/mol. The van der Waals surface area contributed by atoms with E-state index >= 15 is 0 Å². The number of ether oxygens (including phenoxy) is 1. The van der Waals surface area contributed by atoms with Gasteiger partial charge in [0.2, 0.25) is 15.8 Å². The molecule has 1 aliphatic rings. The summed E-state index contributed by atoms with van der Waals surface area (Å²) in [6, 6.07) is 9.41. The van der Waals surface area contributed by atoms with E-state index in [1.54, 1.807) is 24.5 Å². The molecule has 2 atom stereocenters. The lowest BCUT2D eigenvalue weighted by Crippen LogP contribution is -2.42. The fourth-order valence-electron chi connectivity index (χ4n) is 3.87. The van der Waals surface area contributed by atoms with Crippen LogP contribution in [0.15, 0.2) is 58.2 Å². The van der Waals surface area contributed by atoms with Crippen molar-refractivity contribution in [1.82, 2.24) is 19.4 Å². The normalized spacial score (nSPS) is 19.6. The van der Waals surface area contributed by atoms with E-state index in [-0.39, 0.29) is 34.8 Å². The van der Waals surface area contributed by atoms with Crippen LogP contribution in [0.1, 0.15) is 36.5 Å². The lowest BCUT2D eigenvalue weighted by Gasteiger charge is -2.34. The minimum absolute atomic E-state index is 0.0740. The topological polar surface area (TPSA) is 115 Å². The largest absolute Gasteiger partial charge is 0.452 e. The van der Waals surface area contributed by atoms with Crippen LogP contribution >= 0.6 is 0 Å². The Hall–Kier alpha value is -3.11. The molecule has 9 nitrogen and oxygen atoms in total. The first-order chi connectivity index (χ1) is 15.3. The van der Waals surface area contributed by atoms with E-state index in [0.717, 1.165) is 6.42 Å². The van der Waals surface area contributed by atoms with Crippen molar-refractivity contribution in [3.63, 3.8) is 0 Å².